The Morgan fingerprint density at radius 2 is 1.81 bits per heavy atom. The lowest BCUT2D eigenvalue weighted by molar-refractivity contribution is -0.123. The van der Waals surface area contributed by atoms with E-state index in [0.29, 0.717) is 11.8 Å². The van der Waals surface area contributed by atoms with Gasteiger partial charge in [0.1, 0.15) is 0 Å². The molecule has 16 heavy (non-hydrogen) atoms. The van der Waals surface area contributed by atoms with Crippen molar-refractivity contribution in [3.05, 3.63) is 0 Å². The number of nitrogens with one attached hydrogen (secondary N) is 1. The Hall–Kier alpha value is -0.530. The van der Waals surface area contributed by atoms with Crippen LogP contribution in [0.15, 0.2) is 0 Å². The molecular formula is C14H23NO. The van der Waals surface area contributed by atoms with Gasteiger partial charge in [0, 0.05) is 11.5 Å². The second-order valence-electron chi connectivity index (χ2n) is 6.21. The molecular weight excluding hydrogens is 198 g/mol. The average Bonchev–Trinajstić information content (AvgIpc) is 2.42. The van der Waals surface area contributed by atoms with Crippen LogP contribution in [0.25, 0.3) is 0 Å². The summed E-state index contributed by atoms with van der Waals surface area (Å²) in [4.78, 5) is 12.0. The van der Waals surface area contributed by atoms with Crippen LogP contribution in [0.3, 0.4) is 0 Å². The van der Waals surface area contributed by atoms with Crippen LogP contribution < -0.4 is 5.32 Å². The molecule has 1 saturated heterocycles. The first-order valence-electron chi connectivity index (χ1n) is 7.05. The van der Waals surface area contributed by atoms with Crippen molar-refractivity contribution < 1.29 is 4.79 Å². The molecule has 2 aliphatic carbocycles. The van der Waals surface area contributed by atoms with Crippen molar-refractivity contribution in [2.45, 2.75) is 63.8 Å². The first-order valence-corrected chi connectivity index (χ1v) is 7.05. The van der Waals surface area contributed by atoms with E-state index in [2.05, 4.69) is 12.2 Å². The molecule has 2 heteroatoms. The zero-order chi connectivity index (χ0) is 11.2. The monoisotopic (exact) mass is 221 g/mol. The number of carbonyl (C=O) groups excluding carboxylic acids is 1. The number of hydrogen-bond acceptors (Lipinski definition) is 1. The van der Waals surface area contributed by atoms with Gasteiger partial charge < -0.3 is 5.32 Å². The molecule has 1 amide bonds. The van der Waals surface area contributed by atoms with Crippen LogP contribution in [0.1, 0.15) is 58.3 Å². The predicted octanol–water partition coefficient (Wildman–Crippen LogP) is 2.87. The van der Waals surface area contributed by atoms with Crippen LogP contribution in [-0.4, -0.2) is 11.4 Å². The number of hydrogen-bond donors (Lipinski definition) is 1. The van der Waals surface area contributed by atoms with Crippen LogP contribution in [0.5, 0.6) is 0 Å². The molecule has 0 aromatic heterocycles. The van der Waals surface area contributed by atoms with E-state index in [1.807, 2.05) is 0 Å². The molecule has 1 aliphatic heterocycles. The highest BCUT2D eigenvalue weighted by molar-refractivity contribution is 5.82. The van der Waals surface area contributed by atoms with Crippen LogP contribution >= 0.6 is 0 Å². The fraction of sp³-hybridized carbons (Fsp3) is 0.929. The standard InChI is InChI=1S/C14H23NO/c1-10-12(11-6-5-7-11)14(15-13(10)16)8-3-2-4-9-14/h10-12H,2-9H2,1H3,(H,15,16). The number of rotatable bonds is 1. The van der Waals surface area contributed by atoms with E-state index in [-0.39, 0.29) is 11.5 Å². The largest absolute Gasteiger partial charge is 0.350 e. The Labute approximate surface area is 98.2 Å². The van der Waals surface area contributed by atoms with Gasteiger partial charge in [0.2, 0.25) is 5.91 Å². The molecule has 2 atom stereocenters. The lowest BCUT2D eigenvalue weighted by atomic mass is 9.61. The summed E-state index contributed by atoms with van der Waals surface area (Å²) in [6.07, 6.45) is 10.6. The molecule has 1 spiro atoms. The average molecular weight is 221 g/mol. The molecule has 0 radical (unpaired) electrons. The van der Waals surface area contributed by atoms with Crippen molar-refractivity contribution in [1.29, 1.82) is 0 Å². The summed E-state index contributed by atoms with van der Waals surface area (Å²) in [7, 11) is 0. The highest BCUT2D eigenvalue weighted by Gasteiger charge is 2.54. The van der Waals surface area contributed by atoms with Crippen molar-refractivity contribution >= 4 is 5.91 Å². The van der Waals surface area contributed by atoms with Gasteiger partial charge in [0.05, 0.1) is 0 Å². The molecule has 2 unspecified atom stereocenters. The zero-order valence-electron chi connectivity index (χ0n) is 10.3. The molecule has 1 heterocycles. The maximum Gasteiger partial charge on any atom is 0.223 e. The first-order chi connectivity index (χ1) is 7.73. The second kappa shape index (κ2) is 3.75. The van der Waals surface area contributed by atoms with Crippen LogP contribution in [0, 0.1) is 17.8 Å². The Bertz CT molecular complexity index is 289. The number of carbonyl (C=O) groups is 1. The third kappa shape index (κ3) is 1.42. The summed E-state index contributed by atoms with van der Waals surface area (Å²) < 4.78 is 0. The molecule has 3 rings (SSSR count). The van der Waals surface area contributed by atoms with Crippen LogP contribution in [0.2, 0.25) is 0 Å². The number of amides is 1. The van der Waals surface area contributed by atoms with Gasteiger partial charge in [0.25, 0.3) is 0 Å². The smallest absolute Gasteiger partial charge is 0.223 e. The van der Waals surface area contributed by atoms with E-state index in [9.17, 15) is 4.79 Å². The Balaban J connectivity index is 1.86. The van der Waals surface area contributed by atoms with Crippen molar-refractivity contribution in [2.24, 2.45) is 17.8 Å². The lowest BCUT2D eigenvalue weighted by Crippen LogP contribution is -2.50. The fourth-order valence-electron chi connectivity index (χ4n) is 4.38. The molecule has 2 nitrogen and oxygen atoms in total. The quantitative estimate of drug-likeness (QED) is 0.725. The molecule has 3 aliphatic rings. The van der Waals surface area contributed by atoms with Crippen molar-refractivity contribution in [3.8, 4) is 0 Å². The highest BCUT2D eigenvalue weighted by Crippen LogP contribution is 2.51. The minimum atomic E-state index is 0.208. The van der Waals surface area contributed by atoms with Gasteiger partial charge >= 0.3 is 0 Å². The van der Waals surface area contributed by atoms with Gasteiger partial charge in [-0.05, 0) is 24.7 Å². The van der Waals surface area contributed by atoms with Crippen LogP contribution in [0.4, 0.5) is 0 Å². The predicted molar refractivity (Wildman–Crippen MR) is 64.0 cm³/mol. The Morgan fingerprint density at radius 3 is 2.38 bits per heavy atom. The maximum absolute atomic E-state index is 12.0. The van der Waals surface area contributed by atoms with Gasteiger partial charge in [-0.3, -0.25) is 4.79 Å². The first kappa shape index (κ1) is 10.6. The van der Waals surface area contributed by atoms with Crippen molar-refractivity contribution in [3.63, 3.8) is 0 Å². The SMILES string of the molecule is CC1C(=O)NC2(CCCCC2)C1C1CCC1. The lowest BCUT2D eigenvalue weighted by Gasteiger charge is -2.45. The summed E-state index contributed by atoms with van der Waals surface area (Å²) in [5.41, 5.74) is 0.208. The minimum absolute atomic E-state index is 0.208. The van der Waals surface area contributed by atoms with E-state index in [1.165, 1.54) is 51.4 Å². The zero-order valence-corrected chi connectivity index (χ0v) is 10.3. The molecule has 0 bridgehead atoms. The third-order valence-electron chi connectivity index (χ3n) is 5.37. The summed E-state index contributed by atoms with van der Waals surface area (Å²) in [5.74, 6) is 2.09. The van der Waals surface area contributed by atoms with Crippen molar-refractivity contribution in [2.75, 3.05) is 0 Å². The van der Waals surface area contributed by atoms with Gasteiger partial charge in [-0.2, -0.15) is 0 Å². The molecule has 1 N–H and O–H groups in total. The molecule has 0 aromatic rings. The third-order valence-corrected chi connectivity index (χ3v) is 5.37. The van der Waals surface area contributed by atoms with Crippen molar-refractivity contribution in [1.82, 2.24) is 5.32 Å². The maximum atomic E-state index is 12.0. The van der Waals surface area contributed by atoms with E-state index in [0.717, 1.165) is 5.92 Å². The molecule has 90 valence electrons. The molecule has 0 aromatic carbocycles. The van der Waals surface area contributed by atoms with E-state index in [4.69, 9.17) is 0 Å². The van der Waals surface area contributed by atoms with Gasteiger partial charge in [-0.15, -0.1) is 0 Å². The van der Waals surface area contributed by atoms with Gasteiger partial charge in [0.15, 0.2) is 0 Å². The Kier molecular flexibility index (Phi) is 2.49. The Morgan fingerprint density at radius 1 is 1.12 bits per heavy atom. The molecule has 3 fully saturated rings. The summed E-state index contributed by atoms with van der Waals surface area (Å²) in [6, 6.07) is 0. The minimum Gasteiger partial charge on any atom is -0.350 e. The van der Waals surface area contributed by atoms with Gasteiger partial charge in [-0.25, -0.2) is 0 Å². The van der Waals surface area contributed by atoms with Crippen LogP contribution in [-0.2, 0) is 4.79 Å². The fourth-order valence-corrected chi connectivity index (χ4v) is 4.38. The van der Waals surface area contributed by atoms with E-state index < -0.39 is 0 Å². The van der Waals surface area contributed by atoms with E-state index in [1.54, 1.807) is 0 Å². The molecule has 2 saturated carbocycles. The van der Waals surface area contributed by atoms with E-state index >= 15 is 0 Å². The summed E-state index contributed by atoms with van der Waals surface area (Å²) in [6.45, 7) is 2.15. The summed E-state index contributed by atoms with van der Waals surface area (Å²) >= 11 is 0. The summed E-state index contributed by atoms with van der Waals surface area (Å²) in [5, 5.41) is 3.38. The topological polar surface area (TPSA) is 29.1 Å². The van der Waals surface area contributed by atoms with Gasteiger partial charge in [-0.1, -0.05) is 45.4 Å². The normalized spacial score (nSPS) is 38.4. The second-order valence-corrected chi connectivity index (χ2v) is 6.21. The highest BCUT2D eigenvalue weighted by atomic mass is 16.2.